The molecule has 0 spiro atoms. The van der Waals surface area contributed by atoms with Crippen LogP contribution in [-0.4, -0.2) is 11.7 Å². The van der Waals surface area contributed by atoms with Crippen LogP contribution in [0.5, 0.6) is 5.75 Å². The lowest BCUT2D eigenvalue weighted by Gasteiger charge is -2.42. The predicted octanol–water partition coefficient (Wildman–Crippen LogP) is 10.5. The van der Waals surface area contributed by atoms with Gasteiger partial charge in [-0.05, 0) is 77.6 Å². The number of methoxy groups -OCH3 is 1. The van der Waals surface area contributed by atoms with Crippen LogP contribution in [0.2, 0.25) is 0 Å². The number of nitrogens with zero attached hydrogens (tertiary/aromatic N) is 2. The van der Waals surface area contributed by atoms with Gasteiger partial charge in [-0.3, -0.25) is 0 Å². The average Bonchev–Trinajstić information content (AvgIpc) is 3.30. The van der Waals surface area contributed by atoms with E-state index in [1.165, 1.54) is 82.5 Å². The molecule has 0 amide bonds. The maximum Gasteiger partial charge on any atom is 0.123 e. The normalized spacial score (nSPS) is 16.4. The third-order valence-electron chi connectivity index (χ3n) is 10.2. The molecule has 208 valence electrons. The van der Waals surface area contributed by atoms with Crippen molar-refractivity contribution in [3.05, 3.63) is 113 Å². The van der Waals surface area contributed by atoms with Crippen LogP contribution in [0, 0.1) is 20.8 Å². The van der Waals surface area contributed by atoms with E-state index >= 15 is 0 Å². The summed E-state index contributed by atoms with van der Waals surface area (Å²) >= 11 is 0. The highest BCUT2D eigenvalue weighted by molar-refractivity contribution is 6.21. The molecule has 0 unspecified atom stereocenters. The summed E-state index contributed by atoms with van der Waals surface area (Å²) in [5, 5.41) is 7.66. The Morgan fingerprint density at radius 2 is 1.12 bits per heavy atom. The summed E-state index contributed by atoms with van der Waals surface area (Å²) in [7, 11) is 1.78. The van der Waals surface area contributed by atoms with Crippen molar-refractivity contribution in [2.75, 3.05) is 12.0 Å². The standard InChI is InChI=1S/C39H36N2O/c1-22-16-17-30-28-14-10-8-12-26(28)27-13-9-11-15-29(27)31-18-19-33-38-37(31)40(35(30)23(22)2)25(4)41(38)36-24(3)34(42-7)21-20-32(36)39(33,5)6/h8-21,25H,1-7H3/t25-/m0/s1. The molecule has 42 heavy (non-hydrogen) atoms. The number of aromatic nitrogens is 1. The van der Waals surface area contributed by atoms with Gasteiger partial charge in [0.05, 0.1) is 29.5 Å². The Hall–Kier alpha value is -4.50. The van der Waals surface area contributed by atoms with Crippen LogP contribution in [0.15, 0.2) is 84.9 Å². The summed E-state index contributed by atoms with van der Waals surface area (Å²) in [6.45, 7) is 13.9. The molecular formula is C39H36N2O. The van der Waals surface area contributed by atoms with Gasteiger partial charge in [0, 0.05) is 21.8 Å². The van der Waals surface area contributed by atoms with Gasteiger partial charge in [-0.1, -0.05) is 92.7 Å². The molecule has 0 aliphatic carbocycles. The molecule has 1 aromatic heterocycles. The van der Waals surface area contributed by atoms with Crippen molar-refractivity contribution in [1.29, 1.82) is 0 Å². The molecule has 0 saturated carbocycles. The zero-order valence-electron chi connectivity index (χ0n) is 25.5. The first-order valence-electron chi connectivity index (χ1n) is 15.0. The topological polar surface area (TPSA) is 17.4 Å². The maximum atomic E-state index is 5.89. The lowest BCUT2D eigenvalue weighted by Crippen LogP contribution is -2.33. The van der Waals surface area contributed by atoms with Gasteiger partial charge in [0.2, 0.25) is 0 Å². The number of rotatable bonds is 1. The van der Waals surface area contributed by atoms with Gasteiger partial charge in [0.1, 0.15) is 11.9 Å². The van der Waals surface area contributed by atoms with Crippen LogP contribution in [0.3, 0.4) is 0 Å². The van der Waals surface area contributed by atoms with Gasteiger partial charge in [-0.15, -0.1) is 0 Å². The highest BCUT2D eigenvalue weighted by Gasteiger charge is 2.44. The Kier molecular flexibility index (Phi) is 5.11. The minimum Gasteiger partial charge on any atom is -0.496 e. The molecular weight excluding hydrogens is 512 g/mol. The molecule has 0 fully saturated rings. The highest BCUT2D eigenvalue weighted by Crippen LogP contribution is 2.59. The smallest absolute Gasteiger partial charge is 0.123 e. The van der Waals surface area contributed by atoms with Gasteiger partial charge in [0.25, 0.3) is 0 Å². The Morgan fingerprint density at radius 3 is 1.74 bits per heavy atom. The third-order valence-corrected chi connectivity index (χ3v) is 10.2. The maximum absolute atomic E-state index is 5.89. The number of anilines is 2. The van der Waals surface area contributed by atoms with E-state index in [0.29, 0.717) is 0 Å². The third kappa shape index (κ3) is 3.01. The summed E-state index contributed by atoms with van der Waals surface area (Å²) in [6, 6.07) is 31.7. The molecule has 2 aliphatic rings. The highest BCUT2D eigenvalue weighted by atomic mass is 16.5. The Bertz CT molecular complexity index is 2220. The largest absolute Gasteiger partial charge is 0.496 e. The van der Waals surface area contributed by atoms with Crippen molar-refractivity contribution in [3.63, 3.8) is 0 Å². The molecule has 6 aromatic rings. The Labute approximate surface area is 247 Å². The van der Waals surface area contributed by atoms with E-state index in [1.807, 2.05) is 0 Å². The van der Waals surface area contributed by atoms with Crippen LogP contribution in [-0.2, 0) is 5.41 Å². The van der Waals surface area contributed by atoms with Gasteiger partial charge in [0.15, 0.2) is 0 Å². The second-order valence-electron chi connectivity index (χ2n) is 12.6. The van der Waals surface area contributed by atoms with Crippen LogP contribution >= 0.6 is 0 Å². The summed E-state index contributed by atoms with van der Waals surface area (Å²) in [5.41, 5.74) is 11.6. The number of aryl methyl sites for hydroxylation is 2. The molecule has 3 heteroatoms. The van der Waals surface area contributed by atoms with Crippen molar-refractivity contribution >= 4 is 54.7 Å². The summed E-state index contributed by atoms with van der Waals surface area (Å²) < 4.78 is 8.54. The van der Waals surface area contributed by atoms with Crippen LogP contribution < -0.4 is 9.64 Å². The number of hydrogen-bond acceptors (Lipinski definition) is 2. The first-order chi connectivity index (χ1) is 20.3. The van der Waals surface area contributed by atoms with Crippen LogP contribution in [0.4, 0.5) is 11.4 Å². The quantitative estimate of drug-likeness (QED) is 0.203. The van der Waals surface area contributed by atoms with E-state index in [-0.39, 0.29) is 11.6 Å². The zero-order chi connectivity index (χ0) is 29.1. The lowest BCUT2D eigenvalue weighted by molar-refractivity contribution is 0.410. The number of benzene rings is 5. The van der Waals surface area contributed by atoms with Crippen LogP contribution in [0.1, 0.15) is 54.8 Å². The van der Waals surface area contributed by atoms with E-state index in [0.717, 1.165) is 5.75 Å². The van der Waals surface area contributed by atoms with E-state index in [2.05, 4.69) is 136 Å². The van der Waals surface area contributed by atoms with Gasteiger partial charge in [-0.2, -0.15) is 0 Å². The SMILES string of the molecule is COc1ccc2c(c1C)N1c3c(ccc4c5ccccc5c5ccccc5c5ccc(C)c(C)c5n(c34)[C@@H]1C)C2(C)C. The monoisotopic (exact) mass is 548 g/mol. The fourth-order valence-electron chi connectivity index (χ4n) is 7.97. The van der Waals surface area contributed by atoms with Crippen molar-refractivity contribution in [2.45, 2.75) is 53.1 Å². The second kappa shape index (κ2) is 8.51. The molecule has 5 aromatic carbocycles. The zero-order valence-corrected chi connectivity index (χ0v) is 25.5. The molecule has 0 saturated heterocycles. The molecule has 3 nitrogen and oxygen atoms in total. The van der Waals surface area contributed by atoms with E-state index in [9.17, 15) is 0 Å². The lowest BCUT2D eigenvalue weighted by atomic mass is 9.72. The second-order valence-corrected chi connectivity index (χ2v) is 12.6. The predicted molar refractivity (Wildman–Crippen MR) is 178 cm³/mol. The first-order valence-corrected chi connectivity index (χ1v) is 15.0. The molecule has 2 aliphatic heterocycles. The Morgan fingerprint density at radius 1 is 0.595 bits per heavy atom. The molecule has 3 heterocycles. The average molecular weight is 549 g/mol. The van der Waals surface area contributed by atoms with E-state index in [4.69, 9.17) is 4.74 Å². The molecule has 0 N–H and O–H groups in total. The minimum absolute atomic E-state index is 0.0530. The number of fused-ring (bicyclic) bond motifs is 9. The first kappa shape index (κ1) is 25.2. The number of hydrogen-bond donors (Lipinski definition) is 0. The summed E-state index contributed by atoms with van der Waals surface area (Å²) in [6.07, 6.45) is 0.0530. The molecule has 0 radical (unpaired) electrons. The van der Waals surface area contributed by atoms with Crippen molar-refractivity contribution < 1.29 is 4.74 Å². The fourth-order valence-corrected chi connectivity index (χ4v) is 7.97. The van der Waals surface area contributed by atoms with Gasteiger partial charge >= 0.3 is 0 Å². The van der Waals surface area contributed by atoms with E-state index < -0.39 is 0 Å². The molecule has 8 rings (SSSR count). The molecule has 0 bridgehead atoms. The Balaban J connectivity index is 1.74. The van der Waals surface area contributed by atoms with Crippen molar-refractivity contribution in [3.8, 4) is 5.75 Å². The summed E-state index contributed by atoms with van der Waals surface area (Å²) in [4.78, 5) is 2.61. The van der Waals surface area contributed by atoms with Gasteiger partial charge in [-0.25, -0.2) is 0 Å². The number of ether oxygens (including phenoxy) is 1. The minimum atomic E-state index is -0.172. The van der Waals surface area contributed by atoms with Gasteiger partial charge < -0.3 is 14.2 Å². The van der Waals surface area contributed by atoms with Crippen molar-refractivity contribution in [2.24, 2.45) is 0 Å². The molecule has 1 atom stereocenters. The van der Waals surface area contributed by atoms with Crippen molar-refractivity contribution in [1.82, 2.24) is 4.57 Å². The van der Waals surface area contributed by atoms with E-state index in [1.54, 1.807) is 7.11 Å². The fraction of sp³-hybridized carbons (Fsp3) is 0.231. The van der Waals surface area contributed by atoms with Crippen LogP contribution in [0.25, 0.3) is 43.4 Å². The summed E-state index contributed by atoms with van der Waals surface area (Å²) in [5.74, 6) is 0.934.